The lowest BCUT2D eigenvalue weighted by molar-refractivity contribution is -0.139. The number of nitrogens with one attached hydrogen (secondary N) is 3. The van der Waals surface area contributed by atoms with Crippen molar-refractivity contribution in [3.63, 3.8) is 0 Å². The van der Waals surface area contributed by atoms with E-state index in [1.165, 1.54) is 4.90 Å². The van der Waals surface area contributed by atoms with Gasteiger partial charge in [0.1, 0.15) is 6.04 Å². The number of hydrogen-bond donors (Lipinski definition) is 4. The summed E-state index contributed by atoms with van der Waals surface area (Å²) in [7, 11) is 0. The molecule has 0 spiro atoms. The Morgan fingerprint density at radius 2 is 1.80 bits per heavy atom. The fourth-order valence-electron chi connectivity index (χ4n) is 3.69. The van der Waals surface area contributed by atoms with Crippen LogP contribution in [-0.4, -0.2) is 65.5 Å². The number of carbonyl (C=O) groups excluding carboxylic acids is 6. The molecule has 0 bridgehead atoms. The highest BCUT2D eigenvalue weighted by molar-refractivity contribution is 6.03. The van der Waals surface area contributed by atoms with Gasteiger partial charge in [-0.1, -0.05) is 34.6 Å². The van der Waals surface area contributed by atoms with Crippen molar-refractivity contribution < 1.29 is 30.1 Å². The zero-order valence-corrected chi connectivity index (χ0v) is 20.4. The maximum atomic E-state index is 12.8. The second-order valence-corrected chi connectivity index (χ2v) is 9.05. The molecule has 3 atom stereocenters. The summed E-state index contributed by atoms with van der Waals surface area (Å²) in [6.45, 7) is 5.36. The molecule has 11 nitrogen and oxygen atoms in total. The van der Waals surface area contributed by atoms with Crippen LogP contribution in [0.5, 0.6) is 0 Å². The standard InChI is InChI=1S/C23H39N5O6.CH4/c1-14(2)20(21(32)26-17(16(4)29)9-8-11-25-23(24)34)27-18(30)10-6-5-7-12-28-19(31)13-15(3)22(28)33;/h14-15,17,20H,5-13H2,1-4H3,(H,26,32)(H,27,30)(H3,24,25,34);1H4/t15?,17-,20-;/m0./s1/i4D;. The monoisotopic (exact) mass is 498 g/mol. The number of nitrogens with two attached hydrogens (primary N) is 1. The van der Waals surface area contributed by atoms with Crippen molar-refractivity contribution in [3.8, 4) is 0 Å². The number of primary amides is 1. The summed E-state index contributed by atoms with van der Waals surface area (Å²) in [5.74, 6) is -2.09. The maximum absolute atomic E-state index is 12.8. The van der Waals surface area contributed by atoms with Crippen LogP contribution >= 0.6 is 0 Å². The zero-order valence-electron chi connectivity index (χ0n) is 21.4. The molecule has 0 aromatic carbocycles. The van der Waals surface area contributed by atoms with Gasteiger partial charge in [-0.3, -0.25) is 28.9 Å². The van der Waals surface area contributed by atoms with Crippen LogP contribution in [-0.2, 0) is 24.0 Å². The summed E-state index contributed by atoms with van der Waals surface area (Å²) in [6, 6.07) is -2.44. The number of carbonyl (C=O) groups is 6. The lowest BCUT2D eigenvalue weighted by Gasteiger charge is -2.24. The van der Waals surface area contributed by atoms with Gasteiger partial charge < -0.3 is 21.7 Å². The van der Waals surface area contributed by atoms with Crippen molar-refractivity contribution in [2.24, 2.45) is 17.6 Å². The van der Waals surface area contributed by atoms with Gasteiger partial charge in [0, 0.05) is 33.2 Å². The van der Waals surface area contributed by atoms with E-state index in [2.05, 4.69) is 16.0 Å². The molecule has 35 heavy (non-hydrogen) atoms. The van der Waals surface area contributed by atoms with Crippen LogP contribution < -0.4 is 21.7 Å². The number of amides is 6. The molecule has 0 saturated carbocycles. The van der Waals surface area contributed by atoms with Crippen LogP contribution in [0.1, 0.15) is 81.4 Å². The Balaban J connectivity index is 0.0000122. The predicted molar refractivity (Wildman–Crippen MR) is 132 cm³/mol. The molecule has 1 saturated heterocycles. The molecule has 1 rings (SSSR count). The summed E-state index contributed by atoms with van der Waals surface area (Å²) >= 11 is 0. The molecular formula is C24H43N5O6. The average molecular weight is 499 g/mol. The highest BCUT2D eigenvalue weighted by Crippen LogP contribution is 2.19. The molecule has 0 aliphatic carbocycles. The first-order chi connectivity index (χ1) is 16.5. The molecule has 0 radical (unpaired) electrons. The third-order valence-corrected chi connectivity index (χ3v) is 5.69. The van der Waals surface area contributed by atoms with E-state index in [0.29, 0.717) is 32.2 Å². The van der Waals surface area contributed by atoms with E-state index in [4.69, 9.17) is 7.10 Å². The molecule has 0 aromatic heterocycles. The van der Waals surface area contributed by atoms with Crippen molar-refractivity contribution in [1.29, 1.82) is 0 Å². The molecule has 1 aliphatic rings. The third-order valence-electron chi connectivity index (χ3n) is 5.69. The summed E-state index contributed by atoms with van der Waals surface area (Å²) in [6.07, 6.45) is 2.83. The maximum Gasteiger partial charge on any atom is 0.312 e. The molecule has 1 heterocycles. The van der Waals surface area contributed by atoms with Crippen molar-refractivity contribution in [1.82, 2.24) is 20.9 Å². The molecule has 11 heteroatoms. The van der Waals surface area contributed by atoms with Crippen LogP contribution in [0, 0.1) is 11.8 Å². The first-order valence-electron chi connectivity index (χ1n) is 12.5. The first-order valence-corrected chi connectivity index (χ1v) is 11.8. The van der Waals surface area contributed by atoms with Crippen LogP contribution in [0.3, 0.4) is 0 Å². The molecule has 1 fully saturated rings. The minimum atomic E-state index is -0.897. The summed E-state index contributed by atoms with van der Waals surface area (Å²) in [4.78, 5) is 73.1. The number of Topliss-reactive ketones (excluding diaryl/α,β-unsaturated/α-hetero) is 1. The van der Waals surface area contributed by atoms with Crippen molar-refractivity contribution in [3.05, 3.63) is 0 Å². The van der Waals surface area contributed by atoms with Gasteiger partial charge in [-0.25, -0.2) is 4.79 Å². The highest BCUT2D eigenvalue weighted by Gasteiger charge is 2.34. The third kappa shape index (κ3) is 11.3. The minimum Gasteiger partial charge on any atom is -0.352 e. The summed E-state index contributed by atoms with van der Waals surface area (Å²) in [5, 5.41) is 7.74. The normalized spacial score (nSPS) is 17.3. The number of unbranched alkanes of at least 4 members (excludes halogenated alkanes) is 2. The van der Waals surface area contributed by atoms with Gasteiger partial charge in [-0.2, -0.15) is 0 Å². The molecular weight excluding hydrogens is 454 g/mol. The van der Waals surface area contributed by atoms with Crippen LogP contribution in [0.2, 0.25) is 0 Å². The fourth-order valence-corrected chi connectivity index (χ4v) is 3.69. The van der Waals surface area contributed by atoms with E-state index in [1.54, 1.807) is 20.8 Å². The SMILES string of the molecule is C.[2H]CC(=O)[C@H](CCCNC(N)=O)NC(=O)[C@@H](NC(=O)CCCCCN1C(=O)CC(C)C1=O)C(C)C. The zero-order chi connectivity index (χ0) is 26.5. The average Bonchev–Trinajstić information content (AvgIpc) is 3.03. The summed E-state index contributed by atoms with van der Waals surface area (Å²) < 4.78 is 7.33. The number of urea groups is 1. The first kappa shape index (κ1) is 30.1. The van der Waals surface area contributed by atoms with E-state index in [-0.39, 0.29) is 62.8 Å². The lowest BCUT2D eigenvalue weighted by atomic mass is 10.0. The van der Waals surface area contributed by atoms with Gasteiger partial charge in [0.05, 0.1) is 6.04 Å². The van der Waals surface area contributed by atoms with E-state index in [1.807, 2.05) is 0 Å². The minimum absolute atomic E-state index is 0. The Morgan fingerprint density at radius 1 is 1.11 bits per heavy atom. The number of ketones is 1. The Kier molecular flexibility index (Phi) is 13.6. The molecule has 5 N–H and O–H groups in total. The molecule has 1 aliphatic heterocycles. The largest absolute Gasteiger partial charge is 0.352 e. The Labute approximate surface area is 209 Å². The van der Waals surface area contributed by atoms with Crippen molar-refractivity contribution in [2.45, 2.75) is 92.1 Å². The molecule has 1 unspecified atom stereocenters. The predicted octanol–water partition coefficient (Wildman–Crippen LogP) is 1.24. The second-order valence-electron chi connectivity index (χ2n) is 9.05. The number of rotatable bonds is 15. The molecule has 6 amide bonds. The van der Waals surface area contributed by atoms with E-state index < -0.39 is 36.7 Å². The number of likely N-dealkylation sites (tertiary alicyclic amines) is 1. The van der Waals surface area contributed by atoms with Gasteiger partial charge in [-0.15, -0.1) is 0 Å². The van der Waals surface area contributed by atoms with Gasteiger partial charge in [0.15, 0.2) is 5.78 Å². The number of nitrogens with zero attached hydrogens (tertiary/aromatic N) is 1. The fraction of sp³-hybridized carbons (Fsp3) is 0.750. The molecule has 200 valence electrons. The second kappa shape index (κ2) is 15.8. The summed E-state index contributed by atoms with van der Waals surface area (Å²) in [5.41, 5.74) is 5.01. The van der Waals surface area contributed by atoms with Crippen LogP contribution in [0.25, 0.3) is 0 Å². The number of hydrogen-bond acceptors (Lipinski definition) is 6. The van der Waals surface area contributed by atoms with E-state index in [9.17, 15) is 28.8 Å². The molecule has 0 aromatic rings. The van der Waals surface area contributed by atoms with Gasteiger partial charge in [0.2, 0.25) is 23.6 Å². The Bertz CT molecular complexity index is 791. The van der Waals surface area contributed by atoms with Crippen molar-refractivity contribution in [2.75, 3.05) is 13.1 Å². The van der Waals surface area contributed by atoms with E-state index in [0.717, 1.165) is 0 Å². The number of imide groups is 1. The Hall–Kier alpha value is -2.98. The quantitative estimate of drug-likeness (QED) is 0.196. The van der Waals surface area contributed by atoms with Crippen LogP contribution in [0.15, 0.2) is 0 Å². The Morgan fingerprint density at radius 3 is 2.34 bits per heavy atom. The van der Waals surface area contributed by atoms with Gasteiger partial charge >= 0.3 is 6.03 Å². The van der Waals surface area contributed by atoms with Gasteiger partial charge in [-0.05, 0) is 38.5 Å². The lowest BCUT2D eigenvalue weighted by Crippen LogP contribution is -2.53. The van der Waals surface area contributed by atoms with Gasteiger partial charge in [0.25, 0.3) is 0 Å². The van der Waals surface area contributed by atoms with E-state index >= 15 is 0 Å². The highest BCUT2D eigenvalue weighted by atomic mass is 16.2. The van der Waals surface area contributed by atoms with Crippen molar-refractivity contribution >= 4 is 35.4 Å². The smallest absolute Gasteiger partial charge is 0.312 e. The van der Waals surface area contributed by atoms with Crippen LogP contribution in [0.4, 0.5) is 4.79 Å². The topological polar surface area (TPSA) is 168 Å².